The first-order chi connectivity index (χ1) is 14.3. The lowest BCUT2D eigenvalue weighted by Gasteiger charge is -2.21. The number of nitrogens with one attached hydrogen (secondary N) is 2. The largest absolute Gasteiger partial charge is 0.448 e. The molecule has 0 radical (unpaired) electrons. The quantitative estimate of drug-likeness (QED) is 0.682. The van der Waals surface area contributed by atoms with Gasteiger partial charge in [0.05, 0.1) is 11.4 Å². The van der Waals surface area contributed by atoms with Gasteiger partial charge in [-0.25, -0.2) is 13.1 Å². The zero-order valence-electron chi connectivity index (χ0n) is 16.4. The van der Waals surface area contributed by atoms with Crippen LogP contribution in [0.25, 0.3) is 0 Å². The fraction of sp³-hybridized carbons (Fsp3) is 0.333. The molecule has 1 saturated carbocycles. The van der Waals surface area contributed by atoms with Gasteiger partial charge in [-0.3, -0.25) is 9.59 Å². The Morgan fingerprint density at radius 3 is 2.33 bits per heavy atom. The molecule has 2 aliphatic rings. The van der Waals surface area contributed by atoms with Gasteiger partial charge < -0.3 is 14.8 Å². The average Bonchev–Trinajstić information content (AvgIpc) is 3.32. The Balaban J connectivity index is 1.36. The van der Waals surface area contributed by atoms with Crippen LogP contribution in [0, 0.1) is 0 Å². The molecule has 0 saturated heterocycles. The Bertz CT molecular complexity index is 1090. The van der Waals surface area contributed by atoms with E-state index in [-0.39, 0.29) is 10.7 Å². The smallest absolute Gasteiger partial charge is 0.251 e. The number of hydrogen-bond acceptors (Lipinski definition) is 6. The highest BCUT2D eigenvalue weighted by molar-refractivity contribution is 7.89. The van der Waals surface area contributed by atoms with Crippen LogP contribution in [0.3, 0.4) is 0 Å². The van der Waals surface area contributed by atoms with Crippen LogP contribution in [0.2, 0.25) is 0 Å². The first-order valence-corrected chi connectivity index (χ1v) is 11.2. The molecular formula is C21H22N2O6S. The molecule has 158 valence electrons. The molecule has 2 aromatic rings. The second kappa shape index (κ2) is 7.73. The van der Waals surface area contributed by atoms with Crippen molar-refractivity contribution in [2.24, 2.45) is 0 Å². The van der Waals surface area contributed by atoms with E-state index in [1.807, 2.05) is 0 Å². The molecule has 0 atom stereocenters. The molecule has 8 nitrogen and oxygen atoms in total. The number of carbonyl (C=O) groups excluding carboxylic acids is 2. The van der Waals surface area contributed by atoms with Crippen molar-refractivity contribution in [1.82, 2.24) is 4.72 Å². The maximum Gasteiger partial charge on any atom is 0.251 e. The predicted octanol–water partition coefficient (Wildman–Crippen LogP) is 2.85. The highest BCUT2D eigenvalue weighted by Crippen LogP contribution is 2.47. The Hall–Kier alpha value is -2.91. The van der Waals surface area contributed by atoms with Crippen molar-refractivity contribution in [3.8, 4) is 11.5 Å². The van der Waals surface area contributed by atoms with Crippen LogP contribution in [0.1, 0.15) is 43.0 Å². The maximum absolute atomic E-state index is 12.4. The third-order valence-corrected chi connectivity index (χ3v) is 6.60. The van der Waals surface area contributed by atoms with E-state index >= 15 is 0 Å². The molecule has 4 rings (SSSR count). The van der Waals surface area contributed by atoms with E-state index in [2.05, 4.69) is 10.0 Å². The minimum Gasteiger partial charge on any atom is -0.448 e. The summed E-state index contributed by atoms with van der Waals surface area (Å²) in [5.41, 5.74) is 0.899. The van der Waals surface area contributed by atoms with Gasteiger partial charge >= 0.3 is 0 Å². The molecular weight excluding hydrogens is 408 g/mol. The Labute approximate surface area is 174 Å². The van der Waals surface area contributed by atoms with E-state index in [1.54, 1.807) is 18.2 Å². The minimum absolute atomic E-state index is 0.0229. The number of benzene rings is 2. The summed E-state index contributed by atoms with van der Waals surface area (Å²) < 4.78 is 38.9. The Morgan fingerprint density at radius 2 is 1.67 bits per heavy atom. The number of hydrogen-bond donors (Lipinski definition) is 2. The summed E-state index contributed by atoms with van der Waals surface area (Å²) in [7, 11) is -3.88. The van der Waals surface area contributed by atoms with Crippen LogP contribution >= 0.6 is 0 Å². The minimum atomic E-state index is -3.88. The number of Topliss-reactive ketones (excluding diaryl/α,β-unsaturated/α-hetero) is 1. The number of ketones is 1. The van der Waals surface area contributed by atoms with Crippen LogP contribution in [0.15, 0.2) is 47.4 Å². The third kappa shape index (κ3) is 4.17. The molecule has 2 N–H and O–H groups in total. The van der Waals surface area contributed by atoms with Crippen LogP contribution in [0.4, 0.5) is 5.69 Å². The van der Waals surface area contributed by atoms with Crippen molar-refractivity contribution in [3.05, 3.63) is 48.0 Å². The number of amides is 1. The van der Waals surface area contributed by atoms with Crippen LogP contribution in [-0.4, -0.2) is 32.4 Å². The Morgan fingerprint density at radius 1 is 1.00 bits per heavy atom. The van der Waals surface area contributed by atoms with E-state index in [1.165, 1.54) is 31.2 Å². The van der Waals surface area contributed by atoms with Crippen molar-refractivity contribution in [2.75, 3.05) is 11.9 Å². The monoisotopic (exact) mass is 430 g/mol. The van der Waals surface area contributed by atoms with Gasteiger partial charge in [0.1, 0.15) is 0 Å². The van der Waals surface area contributed by atoms with Gasteiger partial charge in [0, 0.05) is 30.2 Å². The van der Waals surface area contributed by atoms with Crippen molar-refractivity contribution < 1.29 is 27.5 Å². The van der Waals surface area contributed by atoms with Gasteiger partial charge in [-0.15, -0.1) is 0 Å². The molecule has 30 heavy (non-hydrogen) atoms. The summed E-state index contributed by atoms with van der Waals surface area (Å²) in [5.74, 6) is -0.0499. The molecule has 1 aliphatic heterocycles. The highest BCUT2D eigenvalue weighted by Gasteiger charge is 2.44. The van der Waals surface area contributed by atoms with Crippen LogP contribution in [0.5, 0.6) is 11.5 Å². The average molecular weight is 430 g/mol. The molecule has 1 heterocycles. The van der Waals surface area contributed by atoms with E-state index in [4.69, 9.17) is 9.47 Å². The van der Waals surface area contributed by atoms with E-state index in [9.17, 15) is 18.0 Å². The maximum atomic E-state index is 12.4. The lowest BCUT2D eigenvalue weighted by molar-refractivity contribution is -0.115. The molecule has 9 heteroatoms. The zero-order valence-corrected chi connectivity index (χ0v) is 17.3. The van der Waals surface area contributed by atoms with Gasteiger partial charge in [-0.05, 0) is 44.0 Å². The molecule has 1 aliphatic carbocycles. The van der Waals surface area contributed by atoms with Gasteiger partial charge in [0.2, 0.25) is 15.9 Å². The normalized spacial score (nSPS) is 16.6. The number of fused-ring (bicyclic) bond motifs is 1. The van der Waals surface area contributed by atoms with Crippen molar-refractivity contribution in [3.63, 3.8) is 0 Å². The van der Waals surface area contributed by atoms with Crippen molar-refractivity contribution in [2.45, 2.75) is 43.3 Å². The van der Waals surface area contributed by atoms with E-state index in [0.29, 0.717) is 22.7 Å². The highest BCUT2D eigenvalue weighted by atomic mass is 32.2. The number of anilines is 1. The second-order valence-electron chi connectivity index (χ2n) is 7.44. The standard InChI is InChI=1S/C21H22N2O6S/c1-14(24)15-4-7-17(8-5-15)30(26,27)22-13-20(25)23-16-6-9-18-19(12-16)29-21(28-18)10-2-3-11-21/h4-9,12,22H,2-3,10-11,13H2,1H3,(H,23,25). The van der Waals surface area contributed by atoms with Gasteiger partial charge in [0.25, 0.3) is 5.79 Å². The SMILES string of the molecule is CC(=O)c1ccc(S(=O)(=O)NCC(=O)Nc2ccc3c(c2)OC2(CCCC2)O3)cc1. The first-order valence-electron chi connectivity index (χ1n) is 9.69. The molecule has 0 unspecified atom stereocenters. The number of sulfonamides is 1. The first kappa shape index (κ1) is 20.4. The van der Waals surface area contributed by atoms with Crippen LogP contribution in [-0.2, 0) is 14.8 Å². The van der Waals surface area contributed by atoms with Crippen molar-refractivity contribution in [1.29, 1.82) is 0 Å². The van der Waals surface area contributed by atoms with E-state index in [0.717, 1.165) is 25.7 Å². The third-order valence-electron chi connectivity index (χ3n) is 5.18. The van der Waals surface area contributed by atoms with Gasteiger partial charge in [0.15, 0.2) is 17.3 Å². The number of carbonyl (C=O) groups is 2. The fourth-order valence-electron chi connectivity index (χ4n) is 3.61. The summed E-state index contributed by atoms with van der Waals surface area (Å²) in [4.78, 5) is 23.5. The fourth-order valence-corrected chi connectivity index (χ4v) is 4.59. The predicted molar refractivity (Wildman–Crippen MR) is 109 cm³/mol. The lowest BCUT2D eigenvalue weighted by Crippen LogP contribution is -2.34. The summed E-state index contributed by atoms with van der Waals surface area (Å²) in [6.45, 7) is 0.963. The lowest BCUT2D eigenvalue weighted by atomic mass is 10.2. The summed E-state index contributed by atoms with van der Waals surface area (Å²) >= 11 is 0. The van der Waals surface area contributed by atoms with E-state index < -0.39 is 28.3 Å². The Kier molecular flexibility index (Phi) is 5.25. The van der Waals surface area contributed by atoms with Crippen molar-refractivity contribution >= 4 is 27.4 Å². The molecule has 1 spiro atoms. The molecule has 2 aromatic carbocycles. The van der Waals surface area contributed by atoms with Crippen LogP contribution < -0.4 is 19.5 Å². The van der Waals surface area contributed by atoms with Gasteiger partial charge in [-0.2, -0.15) is 0 Å². The summed E-state index contributed by atoms with van der Waals surface area (Å²) in [5, 5.41) is 2.65. The molecule has 1 fully saturated rings. The molecule has 0 aromatic heterocycles. The zero-order chi connectivity index (χ0) is 21.4. The summed E-state index contributed by atoms with van der Waals surface area (Å²) in [6, 6.07) is 10.6. The second-order valence-corrected chi connectivity index (χ2v) is 9.20. The summed E-state index contributed by atoms with van der Waals surface area (Å²) in [6.07, 6.45) is 3.77. The molecule has 0 bridgehead atoms. The number of ether oxygens (including phenoxy) is 2. The van der Waals surface area contributed by atoms with Gasteiger partial charge in [-0.1, -0.05) is 12.1 Å². The molecule has 1 amide bonds. The number of rotatable bonds is 6. The topological polar surface area (TPSA) is 111 Å².